The van der Waals surface area contributed by atoms with E-state index >= 15 is 0 Å². The highest BCUT2D eigenvalue weighted by atomic mass is 16.2. The third-order valence-corrected chi connectivity index (χ3v) is 4.01. The van der Waals surface area contributed by atoms with Crippen LogP contribution in [0.5, 0.6) is 0 Å². The zero-order chi connectivity index (χ0) is 14.1. The molecule has 5 heteroatoms. The van der Waals surface area contributed by atoms with Gasteiger partial charge in [0, 0.05) is 43.9 Å². The lowest BCUT2D eigenvalue weighted by atomic mass is 10.3. The molecule has 1 aromatic heterocycles. The lowest BCUT2D eigenvalue weighted by molar-refractivity contribution is -0.132. The van der Waals surface area contributed by atoms with Crippen LogP contribution in [0.1, 0.15) is 30.8 Å². The van der Waals surface area contributed by atoms with Gasteiger partial charge in [0.15, 0.2) is 0 Å². The molecule has 1 amide bonds. The topological polar surface area (TPSA) is 49.3 Å². The SMILES string of the molecule is Cc1cc(N2CCCN(C(=O)C3CC3)CC2)nc(C)n1. The maximum Gasteiger partial charge on any atom is 0.225 e. The number of anilines is 1. The lowest BCUT2D eigenvalue weighted by Crippen LogP contribution is -2.36. The molecule has 1 aromatic rings. The number of aromatic nitrogens is 2. The van der Waals surface area contributed by atoms with Crippen LogP contribution in [0.3, 0.4) is 0 Å². The Morgan fingerprint density at radius 1 is 1.15 bits per heavy atom. The molecule has 0 bridgehead atoms. The standard InChI is InChI=1S/C15H22N4O/c1-11-10-14(17-12(2)16-11)18-6-3-7-19(9-8-18)15(20)13-4-5-13/h10,13H,3-9H2,1-2H3. The van der Waals surface area contributed by atoms with Crippen LogP contribution >= 0.6 is 0 Å². The van der Waals surface area contributed by atoms with Crippen LogP contribution in [0.4, 0.5) is 5.82 Å². The highest BCUT2D eigenvalue weighted by Crippen LogP contribution is 2.31. The van der Waals surface area contributed by atoms with Crippen molar-refractivity contribution in [2.24, 2.45) is 5.92 Å². The maximum atomic E-state index is 12.1. The van der Waals surface area contributed by atoms with E-state index in [9.17, 15) is 4.79 Å². The van der Waals surface area contributed by atoms with E-state index in [4.69, 9.17) is 0 Å². The van der Waals surface area contributed by atoms with Gasteiger partial charge in [-0.2, -0.15) is 0 Å². The van der Waals surface area contributed by atoms with Gasteiger partial charge in [0.1, 0.15) is 11.6 Å². The molecule has 1 saturated heterocycles. The molecule has 108 valence electrons. The Labute approximate surface area is 120 Å². The smallest absolute Gasteiger partial charge is 0.225 e. The van der Waals surface area contributed by atoms with E-state index < -0.39 is 0 Å². The summed E-state index contributed by atoms with van der Waals surface area (Å²) in [5, 5.41) is 0. The van der Waals surface area contributed by atoms with Crippen molar-refractivity contribution >= 4 is 11.7 Å². The minimum absolute atomic E-state index is 0.324. The van der Waals surface area contributed by atoms with Crippen LogP contribution in [0, 0.1) is 19.8 Å². The van der Waals surface area contributed by atoms with Crippen LogP contribution < -0.4 is 4.90 Å². The highest BCUT2D eigenvalue weighted by molar-refractivity contribution is 5.81. The number of carbonyl (C=O) groups excluding carboxylic acids is 1. The van der Waals surface area contributed by atoms with Gasteiger partial charge in [-0.3, -0.25) is 4.79 Å². The van der Waals surface area contributed by atoms with E-state index in [0.717, 1.165) is 62.8 Å². The first-order valence-electron chi connectivity index (χ1n) is 7.49. The number of nitrogens with zero attached hydrogens (tertiary/aromatic N) is 4. The van der Waals surface area contributed by atoms with Gasteiger partial charge in [-0.25, -0.2) is 9.97 Å². The molecule has 0 atom stereocenters. The largest absolute Gasteiger partial charge is 0.355 e. The van der Waals surface area contributed by atoms with Crippen molar-refractivity contribution in [2.75, 3.05) is 31.1 Å². The summed E-state index contributed by atoms with van der Waals surface area (Å²) in [6.45, 7) is 7.46. The second-order valence-electron chi connectivity index (χ2n) is 5.85. The third-order valence-electron chi connectivity index (χ3n) is 4.01. The molecule has 1 aliphatic carbocycles. The summed E-state index contributed by atoms with van der Waals surface area (Å²) in [7, 11) is 0. The number of aryl methyl sites for hydroxylation is 2. The van der Waals surface area contributed by atoms with Crippen molar-refractivity contribution in [2.45, 2.75) is 33.1 Å². The zero-order valence-corrected chi connectivity index (χ0v) is 12.3. The summed E-state index contributed by atoms with van der Waals surface area (Å²) in [5.41, 5.74) is 1.00. The van der Waals surface area contributed by atoms with Crippen molar-refractivity contribution in [1.82, 2.24) is 14.9 Å². The van der Waals surface area contributed by atoms with E-state index in [0.29, 0.717) is 11.8 Å². The molecule has 0 N–H and O–H groups in total. The number of amides is 1. The van der Waals surface area contributed by atoms with Crippen LogP contribution in [0.15, 0.2) is 6.07 Å². The summed E-state index contributed by atoms with van der Waals surface area (Å²) < 4.78 is 0. The summed E-state index contributed by atoms with van der Waals surface area (Å²) in [4.78, 5) is 25.3. The monoisotopic (exact) mass is 274 g/mol. The van der Waals surface area contributed by atoms with Crippen LogP contribution in [-0.4, -0.2) is 47.0 Å². The van der Waals surface area contributed by atoms with Gasteiger partial charge >= 0.3 is 0 Å². The second-order valence-corrected chi connectivity index (χ2v) is 5.85. The molecule has 20 heavy (non-hydrogen) atoms. The number of hydrogen-bond acceptors (Lipinski definition) is 4. The fourth-order valence-electron chi connectivity index (χ4n) is 2.81. The highest BCUT2D eigenvalue weighted by Gasteiger charge is 2.34. The average molecular weight is 274 g/mol. The van der Waals surface area contributed by atoms with Gasteiger partial charge in [-0.15, -0.1) is 0 Å². The first kappa shape index (κ1) is 13.3. The molecule has 0 aromatic carbocycles. The summed E-state index contributed by atoms with van der Waals surface area (Å²) in [6, 6.07) is 2.03. The molecule has 0 spiro atoms. The molecular formula is C15H22N4O. The summed E-state index contributed by atoms with van der Waals surface area (Å²) >= 11 is 0. The average Bonchev–Trinajstić information content (AvgIpc) is 3.23. The summed E-state index contributed by atoms with van der Waals surface area (Å²) in [5.74, 6) is 2.50. The van der Waals surface area contributed by atoms with Gasteiger partial charge < -0.3 is 9.80 Å². The normalized spacial score (nSPS) is 19.9. The molecule has 1 aliphatic heterocycles. The molecular weight excluding hydrogens is 252 g/mol. The van der Waals surface area contributed by atoms with E-state index in [2.05, 4.69) is 14.9 Å². The zero-order valence-electron chi connectivity index (χ0n) is 12.3. The molecule has 2 aliphatic rings. The molecule has 3 rings (SSSR count). The number of rotatable bonds is 2. The third kappa shape index (κ3) is 2.92. The van der Waals surface area contributed by atoms with Gasteiger partial charge in [0.2, 0.25) is 5.91 Å². The van der Waals surface area contributed by atoms with Crippen LogP contribution in [-0.2, 0) is 4.79 Å². The first-order valence-corrected chi connectivity index (χ1v) is 7.49. The van der Waals surface area contributed by atoms with Gasteiger partial charge in [0.25, 0.3) is 0 Å². The van der Waals surface area contributed by atoms with E-state index in [1.807, 2.05) is 24.8 Å². The lowest BCUT2D eigenvalue weighted by Gasteiger charge is -2.23. The van der Waals surface area contributed by atoms with Crippen LogP contribution in [0.2, 0.25) is 0 Å². The van der Waals surface area contributed by atoms with Gasteiger partial charge in [-0.05, 0) is 33.1 Å². The van der Waals surface area contributed by atoms with Gasteiger partial charge in [-0.1, -0.05) is 0 Å². The van der Waals surface area contributed by atoms with Crippen LogP contribution in [0.25, 0.3) is 0 Å². The second kappa shape index (κ2) is 5.38. The minimum Gasteiger partial charge on any atom is -0.355 e. The molecule has 2 heterocycles. The van der Waals surface area contributed by atoms with E-state index in [1.54, 1.807) is 0 Å². The minimum atomic E-state index is 0.324. The Morgan fingerprint density at radius 2 is 1.95 bits per heavy atom. The molecule has 0 unspecified atom stereocenters. The predicted molar refractivity (Wildman–Crippen MR) is 77.6 cm³/mol. The maximum absolute atomic E-state index is 12.1. The Bertz CT molecular complexity index is 492. The molecule has 5 nitrogen and oxygen atoms in total. The Hall–Kier alpha value is -1.65. The Balaban J connectivity index is 1.68. The molecule has 2 fully saturated rings. The molecule has 0 radical (unpaired) electrons. The van der Waals surface area contributed by atoms with Gasteiger partial charge in [0.05, 0.1) is 0 Å². The fourth-order valence-corrected chi connectivity index (χ4v) is 2.81. The van der Waals surface area contributed by atoms with E-state index in [-0.39, 0.29) is 0 Å². The van der Waals surface area contributed by atoms with Crippen molar-refractivity contribution in [1.29, 1.82) is 0 Å². The van der Waals surface area contributed by atoms with Crippen molar-refractivity contribution < 1.29 is 4.79 Å². The molecule has 1 saturated carbocycles. The van der Waals surface area contributed by atoms with Crippen molar-refractivity contribution in [3.05, 3.63) is 17.6 Å². The Morgan fingerprint density at radius 3 is 2.65 bits per heavy atom. The quantitative estimate of drug-likeness (QED) is 0.821. The Kier molecular flexibility index (Phi) is 3.59. The predicted octanol–water partition coefficient (Wildman–Crippen LogP) is 1.54. The van der Waals surface area contributed by atoms with Crippen molar-refractivity contribution in [3.8, 4) is 0 Å². The van der Waals surface area contributed by atoms with Crippen molar-refractivity contribution in [3.63, 3.8) is 0 Å². The fraction of sp³-hybridized carbons (Fsp3) is 0.667. The number of carbonyl (C=O) groups is 1. The first-order chi connectivity index (χ1) is 9.63. The summed E-state index contributed by atoms with van der Waals surface area (Å²) in [6.07, 6.45) is 3.19. The van der Waals surface area contributed by atoms with E-state index in [1.165, 1.54) is 0 Å². The number of hydrogen-bond donors (Lipinski definition) is 0.